The summed E-state index contributed by atoms with van der Waals surface area (Å²) in [6.45, 7) is 4.62. The topological polar surface area (TPSA) is 85.8 Å². The molecule has 90 valence electrons. The van der Waals surface area contributed by atoms with Crippen LogP contribution in [0.3, 0.4) is 0 Å². The van der Waals surface area contributed by atoms with Gasteiger partial charge in [-0.2, -0.15) is 0 Å². The zero-order chi connectivity index (χ0) is 12.0. The lowest BCUT2D eigenvalue weighted by atomic mass is 10.2. The minimum absolute atomic E-state index is 0.000677. The Morgan fingerprint density at radius 1 is 1.56 bits per heavy atom. The highest BCUT2D eigenvalue weighted by molar-refractivity contribution is 5.77. The van der Waals surface area contributed by atoms with Crippen LogP contribution in [0.5, 0.6) is 0 Å². The highest BCUT2D eigenvalue weighted by Gasteiger charge is 2.09. The largest absolute Gasteiger partial charge is 0.349 e. The minimum Gasteiger partial charge on any atom is -0.349 e. The van der Waals surface area contributed by atoms with Gasteiger partial charge < -0.3 is 11.1 Å². The second kappa shape index (κ2) is 6.22. The fourth-order valence-corrected chi connectivity index (χ4v) is 1.50. The molecule has 0 saturated heterocycles. The summed E-state index contributed by atoms with van der Waals surface area (Å²) in [5, 5.41) is 10.7. The van der Waals surface area contributed by atoms with Crippen LogP contribution in [0.4, 0.5) is 0 Å². The van der Waals surface area contributed by atoms with E-state index in [9.17, 15) is 4.79 Å². The average molecular weight is 225 g/mol. The predicted octanol–water partition coefficient (Wildman–Crippen LogP) is 0.214. The molecule has 0 aliphatic carbocycles. The lowest BCUT2D eigenvalue weighted by Gasteiger charge is -2.10. The summed E-state index contributed by atoms with van der Waals surface area (Å²) >= 11 is 0. The molecule has 1 aromatic rings. The molecule has 0 radical (unpaired) electrons. The van der Waals surface area contributed by atoms with Gasteiger partial charge in [0.15, 0.2) is 0 Å². The van der Waals surface area contributed by atoms with Gasteiger partial charge in [-0.05, 0) is 12.8 Å². The van der Waals surface area contributed by atoms with Crippen molar-refractivity contribution >= 4 is 5.91 Å². The summed E-state index contributed by atoms with van der Waals surface area (Å²) in [6, 6.07) is 0.381. The van der Waals surface area contributed by atoms with Crippen molar-refractivity contribution < 1.29 is 4.79 Å². The first-order chi connectivity index (χ1) is 7.71. The summed E-state index contributed by atoms with van der Waals surface area (Å²) in [5.41, 5.74) is 5.94. The summed E-state index contributed by atoms with van der Waals surface area (Å²) in [7, 11) is 0. The fraction of sp³-hybridized carbons (Fsp3) is 0.700. The van der Waals surface area contributed by atoms with Crippen LogP contribution in [0.1, 0.15) is 38.4 Å². The van der Waals surface area contributed by atoms with E-state index in [0.29, 0.717) is 12.6 Å². The molecular weight excluding hydrogens is 206 g/mol. The summed E-state index contributed by atoms with van der Waals surface area (Å²) in [6.07, 6.45) is 3.91. The van der Waals surface area contributed by atoms with E-state index in [1.807, 2.05) is 10.9 Å². The molecule has 1 heterocycles. The first-order valence-corrected chi connectivity index (χ1v) is 5.58. The van der Waals surface area contributed by atoms with Gasteiger partial charge in [0.1, 0.15) is 5.69 Å². The van der Waals surface area contributed by atoms with Gasteiger partial charge in [0.25, 0.3) is 0 Å². The fourth-order valence-electron chi connectivity index (χ4n) is 1.50. The second-order valence-electron chi connectivity index (χ2n) is 3.64. The number of hydrogen-bond donors (Lipinski definition) is 2. The standard InChI is InChI=1S/C10H19N5O/c1-3-9(4-2)15-7-8(13-14-15)6-12-10(16)5-11/h7,9H,3-6,11H2,1-2H3,(H,12,16). The normalized spacial score (nSPS) is 10.8. The van der Waals surface area contributed by atoms with Crippen LogP contribution in [-0.2, 0) is 11.3 Å². The SMILES string of the molecule is CCC(CC)n1cc(CNC(=O)CN)nn1. The number of carbonyl (C=O) groups is 1. The smallest absolute Gasteiger partial charge is 0.234 e. The molecule has 3 N–H and O–H groups in total. The van der Waals surface area contributed by atoms with Gasteiger partial charge in [0.05, 0.1) is 25.3 Å². The van der Waals surface area contributed by atoms with E-state index in [1.165, 1.54) is 0 Å². The number of aromatic nitrogens is 3. The maximum atomic E-state index is 10.9. The van der Waals surface area contributed by atoms with Crippen LogP contribution in [0.25, 0.3) is 0 Å². The van der Waals surface area contributed by atoms with Crippen LogP contribution < -0.4 is 11.1 Å². The molecule has 0 unspecified atom stereocenters. The van der Waals surface area contributed by atoms with E-state index in [-0.39, 0.29) is 12.5 Å². The molecule has 1 amide bonds. The Hall–Kier alpha value is -1.43. The zero-order valence-corrected chi connectivity index (χ0v) is 9.81. The van der Waals surface area contributed by atoms with Crippen molar-refractivity contribution in [2.75, 3.05) is 6.54 Å². The molecule has 6 nitrogen and oxygen atoms in total. The number of hydrogen-bond acceptors (Lipinski definition) is 4. The number of nitrogens with zero attached hydrogens (tertiary/aromatic N) is 3. The summed E-state index contributed by atoms with van der Waals surface area (Å²) in [5.74, 6) is -0.183. The molecule has 0 aliphatic rings. The van der Waals surface area contributed by atoms with Gasteiger partial charge >= 0.3 is 0 Å². The molecule has 0 aliphatic heterocycles. The monoisotopic (exact) mass is 225 g/mol. The molecule has 16 heavy (non-hydrogen) atoms. The quantitative estimate of drug-likeness (QED) is 0.725. The molecule has 1 aromatic heterocycles. The summed E-state index contributed by atoms with van der Waals surface area (Å²) in [4.78, 5) is 10.9. The Bertz CT molecular complexity index is 332. The number of carbonyl (C=O) groups excluding carboxylic acids is 1. The van der Waals surface area contributed by atoms with Crippen LogP contribution in [0.15, 0.2) is 6.20 Å². The predicted molar refractivity (Wildman–Crippen MR) is 60.5 cm³/mol. The average Bonchev–Trinajstić information content (AvgIpc) is 2.76. The lowest BCUT2D eigenvalue weighted by Crippen LogP contribution is -2.29. The highest BCUT2D eigenvalue weighted by atomic mass is 16.1. The van der Waals surface area contributed by atoms with E-state index in [2.05, 4.69) is 29.5 Å². The van der Waals surface area contributed by atoms with Crippen LogP contribution in [-0.4, -0.2) is 27.4 Å². The van der Waals surface area contributed by atoms with Crippen molar-refractivity contribution in [2.45, 2.75) is 39.3 Å². The molecule has 1 rings (SSSR count). The molecule has 0 atom stereocenters. The second-order valence-corrected chi connectivity index (χ2v) is 3.64. The van der Waals surface area contributed by atoms with E-state index >= 15 is 0 Å². The molecule has 0 saturated carbocycles. The van der Waals surface area contributed by atoms with Crippen LogP contribution >= 0.6 is 0 Å². The van der Waals surface area contributed by atoms with Gasteiger partial charge in [-0.3, -0.25) is 4.79 Å². The van der Waals surface area contributed by atoms with Gasteiger partial charge in [-0.1, -0.05) is 19.1 Å². The third kappa shape index (κ3) is 3.30. The Morgan fingerprint density at radius 2 is 2.25 bits per heavy atom. The maximum absolute atomic E-state index is 10.9. The number of nitrogens with two attached hydrogens (primary N) is 1. The van der Waals surface area contributed by atoms with Crippen LogP contribution in [0, 0.1) is 0 Å². The Labute approximate surface area is 95.2 Å². The van der Waals surface area contributed by atoms with Crippen molar-refractivity contribution in [1.29, 1.82) is 0 Å². The minimum atomic E-state index is -0.183. The first-order valence-electron chi connectivity index (χ1n) is 5.58. The maximum Gasteiger partial charge on any atom is 0.234 e. The van der Waals surface area contributed by atoms with Crippen LogP contribution in [0.2, 0.25) is 0 Å². The molecule has 6 heteroatoms. The van der Waals surface area contributed by atoms with E-state index in [1.54, 1.807) is 0 Å². The molecular formula is C10H19N5O. The third-order valence-corrected chi connectivity index (χ3v) is 2.53. The Balaban J connectivity index is 2.54. The van der Waals surface area contributed by atoms with Gasteiger partial charge in [0.2, 0.25) is 5.91 Å². The zero-order valence-electron chi connectivity index (χ0n) is 9.81. The molecule has 0 fully saturated rings. The van der Waals surface area contributed by atoms with Gasteiger partial charge in [0, 0.05) is 0 Å². The van der Waals surface area contributed by atoms with E-state index in [0.717, 1.165) is 18.5 Å². The van der Waals surface area contributed by atoms with E-state index < -0.39 is 0 Å². The van der Waals surface area contributed by atoms with Crippen molar-refractivity contribution in [3.05, 3.63) is 11.9 Å². The van der Waals surface area contributed by atoms with Crippen molar-refractivity contribution in [3.8, 4) is 0 Å². The van der Waals surface area contributed by atoms with Crippen molar-refractivity contribution in [1.82, 2.24) is 20.3 Å². The van der Waals surface area contributed by atoms with E-state index in [4.69, 9.17) is 5.73 Å². The number of amides is 1. The van der Waals surface area contributed by atoms with Crippen molar-refractivity contribution in [3.63, 3.8) is 0 Å². The molecule has 0 spiro atoms. The highest BCUT2D eigenvalue weighted by Crippen LogP contribution is 2.13. The van der Waals surface area contributed by atoms with Gasteiger partial charge in [-0.25, -0.2) is 4.68 Å². The molecule has 0 aromatic carbocycles. The first kappa shape index (κ1) is 12.6. The third-order valence-electron chi connectivity index (χ3n) is 2.53. The number of rotatable bonds is 6. The molecule has 0 bridgehead atoms. The lowest BCUT2D eigenvalue weighted by molar-refractivity contribution is -0.119. The van der Waals surface area contributed by atoms with Crippen molar-refractivity contribution in [2.24, 2.45) is 5.73 Å². The Morgan fingerprint density at radius 3 is 2.81 bits per heavy atom. The Kier molecular flexibility index (Phi) is 4.91. The summed E-state index contributed by atoms with van der Waals surface area (Å²) < 4.78 is 1.85. The number of nitrogens with one attached hydrogen (secondary N) is 1. The van der Waals surface area contributed by atoms with Gasteiger partial charge in [-0.15, -0.1) is 5.10 Å².